The summed E-state index contributed by atoms with van der Waals surface area (Å²) >= 11 is 7.33. The maximum absolute atomic E-state index is 13.3. The van der Waals surface area contributed by atoms with E-state index >= 15 is 0 Å². The van der Waals surface area contributed by atoms with E-state index in [1.54, 1.807) is 43.5 Å². The minimum absolute atomic E-state index is 0.183. The molecule has 0 aliphatic carbocycles. The molecular weight excluding hydrogens is 434 g/mol. The molecule has 0 fully saturated rings. The zero-order chi connectivity index (χ0) is 22.0. The van der Waals surface area contributed by atoms with Gasteiger partial charge in [-0.15, -0.1) is 0 Å². The fourth-order valence-electron chi connectivity index (χ4n) is 3.08. The van der Waals surface area contributed by atoms with Crippen molar-refractivity contribution in [1.29, 1.82) is 0 Å². The second kappa shape index (κ2) is 8.99. The lowest BCUT2D eigenvalue weighted by Crippen LogP contribution is -2.31. The van der Waals surface area contributed by atoms with Gasteiger partial charge < -0.3 is 9.73 Å². The summed E-state index contributed by atoms with van der Waals surface area (Å²) < 4.78 is 6.79. The number of nitrogens with one attached hydrogen (secondary N) is 1. The molecule has 1 atom stereocenters. The van der Waals surface area contributed by atoms with Gasteiger partial charge in [0.25, 0.3) is 5.56 Å². The van der Waals surface area contributed by atoms with Gasteiger partial charge in [-0.1, -0.05) is 41.1 Å². The Morgan fingerprint density at radius 2 is 2.00 bits per heavy atom. The Labute approximate surface area is 188 Å². The molecule has 0 aliphatic heterocycles. The summed E-state index contributed by atoms with van der Waals surface area (Å²) in [6.45, 7) is 4.05. The Morgan fingerprint density at radius 3 is 2.71 bits per heavy atom. The van der Waals surface area contributed by atoms with E-state index in [-0.39, 0.29) is 11.5 Å². The highest BCUT2D eigenvalue weighted by atomic mass is 35.5. The van der Waals surface area contributed by atoms with E-state index in [2.05, 4.69) is 10.3 Å². The number of hydrogen-bond donors (Lipinski definition) is 1. The average Bonchev–Trinajstić information content (AvgIpc) is 3.26. The smallest absolute Gasteiger partial charge is 0.266 e. The van der Waals surface area contributed by atoms with E-state index in [0.29, 0.717) is 39.1 Å². The molecule has 2 heterocycles. The first kappa shape index (κ1) is 21.2. The first-order chi connectivity index (χ1) is 14.9. The SMILES string of the molecule is Cc1ccc(-n2c(SC(C)C(=O)NCc3ccco3)nc3cc(Cl)ccc3c2=O)cc1. The van der Waals surface area contributed by atoms with Crippen LogP contribution in [0.3, 0.4) is 0 Å². The Kier molecular flexibility index (Phi) is 6.15. The van der Waals surface area contributed by atoms with Crippen LogP contribution in [0.4, 0.5) is 0 Å². The number of nitrogens with zero attached hydrogens (tertiary/aromatic N) is 2. The molecule has 0 spiro atoms. The van der Waals surface area contributed by atoms with Gasteiger partial charge in [-0.05, 0) is 56.3 Å². The molecule has 31 heavy (non-hydrogen) atoms. The van der Waals surface area contributed by atoms with Crippen molar-refractivity contribution < 1.29 is 9.21 Å². The normalized spacial score (nSPS) is 12.1. The van der Waals surface area contributed by atoms with E-state index in [1.807, 2.05) is 31.2 Å². The van der Waals surface area contributed by atoms with Crippen molar-refractivity contribution in [1.82, 2.24) is 14.9 Å². The zero-order valence-electron chi connectivity index (χ0n) is 17.0. The second-order valence-electron chi connectivity index (χ2n) is 7.09. The van der Waals surface area contributed by atoms with Crippen molar-refractivity contribution >= 4 is 40.2 Å². The Hall–Kier alpha value is -3.03. The van der Waals surface area contributed by atoms with Crippen molar-refractivity contribution in [3.8, 4) is 5.69 Å². The molecule has 0 aliphatic rings. The lowest BCUT2D eigenvalue weighted by molar-refractivity contribution is -0.120. The highest BCUT2D eigenvalue weighted by Gasteiger charge is 2.20. The van der Waals surface area contributed by atoms with Gasteiger partial charge in [0, 0.05) is 5.02 Å². The fraction of sp³-hybridized carbons (Fsp3) is 0.174. The lowest BCUT2D eigenvalue weighted by atomic mass is 10.2. The third kappa shape index (κ3) is 4.68. The summed E-state index contributed by atoms with van der Waals surface area (Å²) in [7, 11) is 0. The summed E-state index contributed by atoms with van der Waals surface area (Å²) in [4.78, 5) is 30.6. The maximum Gasteiger partial charge on any atom is 0.266 e. The van der Waals surface area contributed by atoms with Gasteiger partial charge in [-0.25, -0.2) is 4.98 Å². The molecule has 0 saturated heterocycles. The van der Waals surface area contributed by atoms with Gasteiger partial charge in [0.05, 0.1) is 34.6 Å². The number of benzene rings is 2. The maximum atomic E-state index is 13.3. The van der Waals surface area contributed by atoms with Crippen LogP contribution in [0.5, 0.6) is 0 Å². The number of fused-ring (bicyclic) bond motifs is 1. The first-order valence-corrected chi connectivity index (χ1v) is 10.9. The third-order valence-electron chi connectivity index (χ3n) is 4.76. The van der Waals surface area contributed by atoms with Gasteiger partial charge in [0.1, 0.15) is 5.76 Å². The molecule has 2 aromatic carbocycles. The van der Waals surface area contributed by atoms with Crippen LogP contribution in [0.1, 0.15) is 18.2 Å². The van der Waals surface area contributed by atoms with Crippen LogP contribution in [0.2, 0.25) is 5.02 Å². The van der Waals surface area contributed by atoms with Crippen LogP contribution in [-0.4, -0.2) is 20.7 Å². The number of aromatic nitrogens is 2. The average molecular weight is 454 g/mol. The van der Waals surface area contributed by atoms with Crippen molar-refractivity contribution in [3.05, 3.63) is 87.6 Å². The monoisotopic (exact) mass is 453 g/mol. The van der Waals surface area contributed by atoms with E-state index in [9.17, 15) is 9.59 Å². The molecule has 1 unspecified atom stereocenters. The summed E-state index contributed by atoms with van der Waals surface area (Å²) in [5.74, 6) is 0.484. The molecule has 0 saturated carbocycles. The summed E-state index contributed by atoms with van der Waals surface area (Å²) in [6.07, 6.45) is 1.56. The number of carbonyl (C=O) groups is 1. The number of furan rings is 1. The molecule has 1 N–H and O–H groups in total. The van der Waals surface area contributed by atoms with Crippen LogP contribution in [0, 0.1) is 6.92 Å². The Bertz CT molecular complexity index is 1280. The summed E-state index contributed by atoms with van der Waals surface area (Å²) in [6, 6.07) is 16.2. The van der Waals surface area contributed by atoms with Gasteiger partial charge >= 0.3 is 0 Å². The van der Waals surface area contributed by atoms with E-state index in [1.165, 1.54) is 16.3 Å². The van der Waals surface area contributed by atoms with Crippen molar-refractivity contribution in [2.75, 3.05) is 0 Å². The van der Waals surface area contributed by atoms with Gasteiger partial charge in [-0.2, -0.15) is 0 Å². The first-order valence-electron chi connectivity index (χ1n) is 9.68. The Balaban J connectivity index is 1.70. The molecule has 8 heteroatoms. The number of carbonyl (C=O) groups excluding carboxylic acids is 1. The second-order valence-corrected chi connectivity index (χ2v) is 8.83. The fourth-order valence-corrected chi connectivity index (χ4v) is 4.20. The van der Waals surface area contributed by atoms with Gasteiger partial charge in [-0.3, -0.25) is 14.2 Å². The predicted octanol–water partition coefficient (Wildman–Crippen LogP) is 4.74. The molecule has 4 rings (SSSR count). The lowest BCUT2D eigenvalue weighted by Gasteiger charge is -2.16. The number of rotatable bonds is 6. The van der Waals surface area contributed by atoms with Crippen molar-refractivity contribution in [2.24, 2.45) is 0 Å². The Morgan fingerprint density at radius 1 is 1.23 bits per heavy atom. The topological polar surface area (TPSA) is 77.1 Å². The van der Waals surface area contributed by atoms with Gasteiger partial charge in [0.2, 0.25) is 5.91 Å². The largest absolute Gasteiger partial charge is 0.467 e. The molecule has 1 amide bonds. The standard InChI is InChI=1S/C23H20ClN3O3S/c1-14-5-8-17(9-6-14)27-22(29)19-10-7-16(24)12-20(19)26-23(27)31-15(2)21(28)25-13-18-4-3-11-30-18/h3-12,15H,13H2,1-2H3,(H,25,28). The molecule has 6 nitrogen and oxygen atoms in total. The minimum atomic E-state index is -0.491. The third-order valence-corrected chi connectivity index (χ3v) is 6.05. The van der Waals surface area contributed by atoms with E-state index in [4.69, 9.17) is 16.0 Å². The summed E-state index contributed by atoms with van der Waals surface area (Å²) in [5, 5.41) is 3.73. The van der Waals surface area contributed by atoms with Crippen molar-refractivity contribution in [2.45, 2.75) is 30.8 Å². The molecule has 2 aromatic heterocycles. The molecular formula is C23H20ClN3O3S. The van der Waals surface area contributed by atoms with Crippen LogP contribution in [0.15, 0.2) is 75.2 Å². The van der Waals surface area contributed by atoms with Crippen molar-refractivity contribution in [3.63, 3.8) is 0 Å². The number of thioether (sulfide) groups is 1. The molecule has 0 radical (unpaired) electrons. The highest BCUT2D eigenvalue weighted by molar-refractivity contribution is 8.00. The van der Waals surface area contributed by atoms with Crippen LogP contribution < -0.4 is 10.9 Å². The van der Waals surface area contributed by atoms with Crippen LogP contribution >= 0.6 is 23.4 Å². The minimum Gasteiger partial charge on any atom is -0.467 e. The number of aryl methyl sites for hydroxylation is 1. The number of hydrogen-bond acceptors (Lipinski definition) is 5. The number of halogens is 1. The van der Waals surface area contributed by atoms with Gasteiger partial charge in [0.15, 0.2) is 5.16 Å². The zero-order valence-corrected chi connectivity index (χ0v) is 18.5. The molecule has 4 aromatic rings. The predicted molar refractivity (Wildman–Crippen MR) is 123 cm³/mol. The van der Waals surface area contributed by atoms with E-state index in [0.717, 1.165) is 5.56 Å². The van der Waals surface area contributed by atoms with E-state index < -0.39 is 5.25 Å². The quantitative estimate of drug-likeness (QED) is 0.337. The molecule has 158 valence electrons. The highest BCUT2D eigenvalue weighted by Crippen LogP contribution is 2.26. The van der Waals surface area contributed by atoms with Crippen LogP contribution in [0.25, 0.3) is 16.6 Å². The van der Waals surface area contributed by atoms with Crippen LogP contribution in [-0.2, 0) is 11.3 Å². The number of amides is 1. The summed E-state index contributed by atoms with van der Waals surface area (Å²) in [5.41, 5.74) is 2.05. The molecule has 0 bridgehead atoms.